The van der Waals surface area contributed by atoms with Gasteiger partial charge in [0.25, 0.3) is 5.91 Å². The summed E-state index contributed by atoms with van der Waals surface area (Å²) < 4.78 is 1.83. The first-order chi connectivity index (χ1) is 13.8. The average molecular weight is 390 g/mol. The van der Waals surface area contributed by atoms with Gasteiger partial charge in [-0.05, 0) is 62.6 Å². The van der Waals surface area contributed by atoms with E-state index in [0.29, 0.717) is 24.1 Å². The summed E-state index contributed by atoms with van der Waals surface area (Å²) in [6.45, 7) is 5.92. The van der Waals surface area contributed by atoms with Gasteiger partial charge in [0.15, 0.2) is 0 Å². The van der Waals surface area contributed by atoms with Crippen molar-refractivity contribution in [2.75, 3.05) is 10.6 Å². The molecule has 2 N–H and O–H groups in total. The molecule has 0 aliphatic heterocycles. The molecule has 1 heterocycles. The minimum Gasteiger partial charge on any atom is -0.325 e. The monoisotopic (exact) mass is 390 g/mol. The lowest BCUT2D eigenvalue weighted by Crippen LogP contribution is -2.18. The molecule has 0 radical (unpaired) electrons. The van der Waals surface area contributed by atoms with Crippen LogP contribution in [0.3, 0.4) is 0 Å². The van der Waals surface area contributed by atoms with E-state index in [-0.39, 0.29) is 11.8 Å². The second kappa shape index (κ2) is 8.73. The Hall–Kier alpha value is -3.41. The lowest BCUT2D eigenvalue weighted by molar-refractivity contribution is -0.116. The predicted octanol–water partition coefficient (Wildman–Crippen LogP) is 4.17. The molecule has 0 saturated heterocycles. The van der Waals surface area contributed by atoms with Crippen molar-refractivity contribution in [2.45, 2.75) is 33.6 Å². The fourth-order valence-corrected chi connectivity index (χ4v) is 3.34. The van der Waals surface area contributed by atoms with Gasteiger partial charge in [0.05, 0.1) is 16.9 Å². The molecule has 6 heteroatoms. The Morgan fingerprint density at radius 1 is 1.00 bits per heavy atom. The first kappa shape index (κ1) is 20.3. The van der Waals surface area contributed by atoms with Gasteiger partial charge in [-0.2, -0.15) is 5.10 Å². The van der Waals surface area contributed by atoms with E-state index in [1.807, 2.05) is 56.8 Å². The number of rotatable bonds is 6. The van der Waals surface area contributed by atoms with Gasteiger partial charge in [0.1, 0.15) is 0 Å². The summed E-state index contributed by atoms with van der Waals surface area (Å²) in [5.41, 5.74) is 5.81. The second-order valence-electron chi connectivity index (χ2n) is 7.19. The number of nitrogens with zero attached hydrogens (tertiary/aromatic N) is 2. The van der Waals surface area contributed by atoms with Crippen LogP contribution in [0.1, 0.15) is 39.3 Å². The molecule has 1 aromatic heterocycles. The Morgan fingerprint density at radius 3 is 2.45 bits per heavy atom. The molecule has 2 amide bonds. The maximum absolute atomic E-state index is 12.7. The molecule has 29 heavy (non-hydrogen) atoms. The normalized spacial score (nSPS) is 10.6. The Labute approximate surface area is 170 Å². The quantitative estimate of drug-likeness (QED) is 0.663. The van der Waals surface area contributed by atoms with Crippen LogP contribution in [-0.2, 0) is 18.3 Å². The fraction of sp³-hybridized carbons (Fsp3) is 0.261. The Kier molecular flexibility index (Phi) is 6.12. The van der Waals surface area contributed by atoms with Crippen LogP contribution in [-0.4, -0.2) is 21.6 Å². The molecule has 0 bridgehead atoms. The van der Waals surface area contributed by atoms with Gasteiger partial charge >= 0.3 is 0 Å². The van der Waals surface area contributed by atoms with Crippen molar-refractivity contribution >= 4 is 23.2 Å². The minimum absolute atomic E-state index is 0.136. The van der Waals surface area contributed by atoms with Crippen molar-refractivity contribution in [3.8, 4) is 0 Å². The molecular formula is C23H26N4O2. The molecule has 3 aromatic rings. The molecule has 3 rings (SSSR count). The molecule has 0 aliphatic carbocycles. The van der Waals surface area contributed by atoms with Gasteiger partial charge < -0.3 is 10.6 Å². The van der Waals surface area contributed by atoms with Gasteiger partial charge in [-0.15, -0.1) is 0 Å². The van der Waals surface area contributed by atoms with Crippen molar-refractivity contribution in [3.05, 3.63) is 76.6 Å². The van der Waals surface area contributed by atoms with E-state index in [9.17, 15) is 9.59 Å². The highest BCUT2D eigenvalue weighted by Gasteiger charge is 2.15. The zero-order valence-electron chi connectivity index (χ0n) is 17.2. The van der Waals surface area contributed by atoms with Crippen LogP contribution in [0.4, 0.5) is 11.4 Å². The highest BCUT2D eigenvalue weighted by atomic mass is 16.2. The third-order valence-corrected chi connectivity index (χ3v) is 4.98. The predicted molar refractivity (Wildman–Crippen MR) is 115 cm³/mol. The maximum atomic E-state index is 12.7. The number of aromatic nitrogens is 2. The zero-order chi connectivity index (χ0) is 21.0. The summed E-state index contributed by atoms with van der Waals surface area (Å²) in [6, 6.07) is 14.6. The standard InChI is InChI=1S/C23H26N4O2/c1-15-8-7-9-18(14-15)24-23(29)20-10-5-6-11-21(20)25-22(28)13-12-19-16(2)26-27(4)17(19)3/h5-11,14H,12-13H2,1-4H3,(H,24,29)(H,25,28). The Morgan fingerprint density at radius 2 is 1.76 bits per heavy atom. The average Bonchev–Trinajstić information content (AvgIpc) is 2.92. The largest absolute Gasteiger partial charge is 0.325 e. The molecule has 0 fully saturated rings. The number of aryl methyl sites for hydroxylation is 3. The molecule has 0 atom stereocenters. The topological polar surface area (TPSA) is 76.0 Å². The number of anilines is 2. The molecule has 2 aromatic carbocycles. The van der Waals surface area contributed by atoms with Crippen molar-refractivity contribution in [2.24, 2.45) is 7.05 Å². The maximum Gasteiger partial charge on any atom is 0.257 e. The molecule has 150 valence electrons. The lowest BCUT2D eigenvalue weighted by Gasteiger charge is -2.12. The lowest BCUT2D eigenvalue weighted by atomic mass is 10.1. The number of hydrogen-bond acceptors (Lipinski definition) is 3. The second-order valence-corrected chi connectivity index (χ2v) is 7.19. The van der Waals surface area contributed by atoms with Crippen molar-refractivity contribution in [3.63, 3.8) is 0 Å². The highest BCUT2D eigenvalue weighted by molar-refractivity contribution is 6.10. The van der Waals surface area contributed by atoms with Crippen LogP contribution in [0.5, 0.6) is 0 Å². The Balaban J connectivity index is 1.68. The van der Waals surface area contributed by atoms with E-state index in [1.54, 1.807) is 24.3 Å². The summed E-state index contributed by atoms with van der Waals surface area (Å²) in [5, 5.41) is 10.2. The number of nitrogens with one attached hydrogen (secondary N) is 2. The number of para-hydroxylation sites is 1. The number of hydrogen-bond donors (Lipinski definition) is 2. The van der Waals surface area contributed by atoms with Crippen LogP contribution < -0.4 is 10.6 Å². The van der Waals surface area contributed by atoms with E-state index in [4.69, 9.17) is 0 Å². The first-order valence-corrected chi connectivity index (χ1v) is 9.61. The SMILES string of the molecule is Cc1cccc(NC(=O)c2ccccc2NC(=O)CCc2c(C)nn(C)c2C)c1. The summed E-state index contributed by atoms with van der Waals surface area (Å²) in [5.74, 6) is -0.395. The van der Waals surface area contributed by atoms with Gasteiger partial charge in [-0.1, -0.05) is 24.3 Å². The molecule has 6 nitrogen and oxygen atoms in total. The highest BCUT2D eigenvalue weighted by Crippen LogP contribution is 2.19. The molecule has 0 aliphatic rings. The van der Waals surface area contributed by atoms with Crippen molar-refractivity contribution < 1.29 is 9.59 Å². The van der Waals surface area contributed by atoms with Crippen LogP contribution in [0.2, 0.25) is 0 Å². The number of carbonyl (C=O) groups excluding carboxylic acids is 2. The minimum atomic E-state index is -0.259. The van der Waals surface area contributed by atoms with E-state index < -0.39 is 0 Å². The van der Waals surface area contributed by atoms with Crippen LogP contribution in [0.25, 0.3) is 0 Å². The summed E-state index contributed by atoms with van der Waals surface area (Å²) >= 11 is 0. The molecule has 0 saturated carbocycles. The zero-order valence-corrected chi connectivity index (χ0v) is 17.2. The van der Waals surface area contributed by atoms with Gasteiger partial charge in [-0.25, -0.2) is 0 Å². The number of carbonyl (C=O) groups is 2. The smallest absolute Gasteiger partial charge is 0.257 e. The van der Waals surface area contributed by atoms with Gasteiger partial charge in [-0.3, -0.25) is 14.3 Å². The first-order valence-electron chi connectivity index (χ1n) is 9.61. The van der Waals surface area contributed by atoms with Gasteiger partial charge in [0.2, 0.25) is 5.91 Å². The van der Waals surface area contributed by atoms with Crippen LogP contribution >= 0.6 is 0 Å². The van der Waals surface area contributed by atoms with Crippen LogP contribution in [0.15, 0.2) is 48.5 Å². The van der Waals surface area contributed by atoms with E-state index >= 15 is 0 Å². The van der Waals surface area contributed by atoms with Crippen LogP contribution in [0, 0.1) is 20.8 Å². The van der Waals surface area contributed by atoms with Gasteiger partial charge in [0, 0.05) is 24.8 Å². The summed E-state index contributed by atoms with van der Waals surface area (Å²) in [6.07, 6.45) is 0.927. The molecular weight excluding hydrogens is 364 g/mol. The molecule has 0 spiro atoms. The van der Waals surface area contributed by atoms with E-state index in [0.717, 1.165) is 28.2 Å². The van der Waals surface area contributed by atoms with E-state index in [1.165, 1.54) is 0 Å². The van der Waals surface area contributed by atoms with Crippen molar-refractivity contribution in [1.82, 2.24) is 9.78 Å². The third-order valence-electron chi connectivity index (χ3n) is 4.98. The third kappa shape index (κ3) is 4.90. The summed E-state index contributed by atoms with van der Waals surface area (Å²) in [7, 11) is 1.90. The van der Waals surface area contributed by atoms with E-state index in [2.05, 4.69) is 15.7 Å². The molecule has 0 unspecified atom stereocenters. The Bertz CT molecular complexity index is 1050. The summed E-state index contributed by atoms with van der Waals surface area (Å²) in [4.78, 5) is 25.2. The number of amides is 2. The van der Waals surface area contributed by atoms with Crippen molar-refractivity contribution in [1.29, 1.82) is 0 Å². The number of benzene rings is 2. The fourth-order valence-electron chi connectivity index (χ4n) is 3.34.